The van der Waals surface area contributed by atoms with Gasteiger partial charge in [-0.15, -0.1) is 0 Å². The van der Waals surface area contributed by atoms with Crippen LogP contribution in [0.2, 0.25) is 0 Å². The van der Waals surface area contributed by atoms with Crippen LogP contribution in [-0.2, 0) is 14.1 Å². The van der Waals surface area contributed by atoms with Crippen molar-refractivity contribution in [2.45, 2.75) is 0 Å². The zero-order valence-electron chi connectivity index (χ0n) is 10.5. The van der Waals surface area contributed by atoms with Crippen LogP contribution in [0.3, 0.4) is 0 Å². The number of hydrogen-bond acceptors (Lipinski definition) is 3. The van der Waals surface area contributed by atoms with Crippen LogP contribution in [0.15, 0.2) is 30.5 Å². The summed E-state index contributed by atoms with van der Waals surface area (Å²) in [4.78, 5) is 10.9. The van der Waals surface area contributed by atoms with Crippen molar-refractivity contribution in [2.24, 2.45) is 14.1 Å². The molecular formula is C13H12N4O2. The minimum Gasteiger partial charge on any atom is -0.476 e. The van der Waals surface area contributed by atoms with E-state index in [9.17, 15) is 4.79 Å². The van der Waals surface area contributed by atoms with Crippen molar-refractivity contribution >= 4 is 16.9 Å². The van der Waals surface area contributed by atoms with Gasteiger partial charge in [-0.05, 0) is 12.1 Å². The SMILES string of the molecule is Cn1nc(C(=O)O)cc1-c1ccc2cnn(C)c2c1. The molecule has 6 nitrogen and oxygen atoms in total. The molecule has 3 rings (SSSR count). The van der Waals surface area contributed by atoms with Gasteiger partial charge in [-0.1, -0.05) is 12.1 Å². The normalized spacial score (nSPS) is 11.1. The number of nitrogens with zero attached hydrogens (tertiary/aromatic N) is 4. The molecule has 2 heterocycles. The smallest absolute Gasteiger partial charge is 0.356 e. The first-order valence-corrected chi connectivity index (χ1v) is 5.76. The van der Waals surface area contributed by atoms with Crippen molar-refractivity contribution in [2.75, 3.05) is 0 Å². The Morgan fingerprint density at radius 2 is 2.00 bits per heavy atom. The summed E-state index contributed by atoms with van der Waals surface area (Å²) in [5.74, 6) is -1.02. The van der Waals surface area contributed by atoms with Crippen molar-refractivity contribution in [3.63, 3.8) is 0 Å². The molecule has 0 spiro atoms. The van der Waals surface area contributed by atoms with E-state index in [1.165, 1.54) is 0 Å². The van der Waals surface area contributed by atoms with E-state index < -0.39 is 5.97 Å². The number of aromatic nitrogens is 4. The van der Waals surface area contributed by atoms with Gasteiger partial charge in [-0.3, -0.25) is 9.36 Å². The summed E-state index contributed by atoms with van der Waals surface area (Å²) in [7, 11) is 3.60. The quantitative estimate of drug-likeness (QED) is 0.757. The third-order valence-electron chi connectivity index (χ3n) is 3.14. The van der Waals surface area contributed by atoms with Crippen LogP contribution in [0.25, 0.3) is 22.2 Å². The molecule has 2 aromatic heterocycles. The summed E-state index contributed by atoms with van der Waals surface area (Å²) in [5.41, 5.74) is 2.72. The van der Waals surface area contributed by atoms with Gasteiger partial charge < -0.3 is 5.11 Å². The lowest BCUT2D eigenvalue weighted by atomic mass is 10.1. The van der Waals surface area contributed by atoms with Crippen molar-refractivity contribution in [1.82, 2.24) is 19.6 Å². The van der Waals surface area contributed by atoms with E-state index >= 15 is 0 Å². The molecule has 0 aliphatic rings. The summed E-state index contributed by atoms with van der Waals surface area (Å²) < 4.78 is 3.36. The molecular weight excluding hydrogens is 244 g/mol. The fourth-order valence-corrected chi connectivity index (χ4v) is 2.15. The largest absolute Gasteiger partial charge is 0.476 e. The molecule has 0 atom stereocenters. The Kier molecular flexibility index (Phi) is 2.38. The fourth-order valence-electron chi connectivity index (χ4n) is 2.15. The summed E-state index contributed by atoms with van der Waals surface area (Å²) in [6.07, 6.45) is 1.80. The second kappa shape index (κ2) is 3.94. The molecule has 0 saturated heterocycles. The number of carboxylic acid groups (broad SMARTS) is 1. The van der Waals surface area contributed by atoms with Crippen LogP contribution in [-0.4, -0.2) is 30.6 Å². The van der Waals surface area contributed by atoms with Gasteiger partial charge in [0, 0.05) is 25.0 Å². The molecule has 0 radical (unpaired) electrons. The maximum atomic E-state index is 10.9. The molecule has 19 heavy (non-hydrogen) atoms. The molecule has 1 N–H and O–H groups in total. The number of rotatable bonds is 2. The van der Waals surface area contributed by atoms with Gasteiger partial charge in [0.1, 0.15) is 0 Å². The molecule has 0 aliphatic heterocycles. The van der Waals surface area contributed by atoms with E-state index in [1.54, 1.807) is 28.7 Å². The second-order valence-corrected chi connectivity index (χ2v) is 4.39. The minimum atomic E-state index is -1.02. The number of carbonyl (C=O) groups is 1. The maximum absolute atomic E-state index is 10.9. The van der Waals surface area contributed by atoms with Crippen molar-refractivity contribution in [1.29, 1.82) is 0 Å². The average Bonchev–Trinajstić information content (AvgIpc) is 2.93. The van der Waals surface area contributed by atoms with E-state index in [4.69, 9.17) is 5.11 Å². The molecule has 0 amide bonds. The van der Waals surface area contributed by atoms with Crippen LogP contribution in [0.5, 0.6) is 0 Å². The Hall–Kier alpha value is -2.63. The molecule has 1 aromatic carbocycles. The van der Waals surface area contributed by atoms with Crippen LogP contribution in [0.1, 0.15) is 10.5 Å². The predicted molar refractivity (Wildman–Crippen MR) is 69.9 cm³/mol. The molecule has 0 aliphatic carbocycles. The maximum Gasteiger partial charge on any atom is 0.356 e. The highest BCUT2D eigenvalue weighted by molar-refractivity contribution is 5.88. The predicted octanol–water partition coefficient (Wildman–Crippen LogP) is 1.67. The van der Waals surface area contributed by atoms with Crippen molar-refractivity contribution < 1.29 is 9.90 Å². The van der Waals surface area contributed by atoms with Crippen molar-refractivity contribution in [3.05, 3.63) is 36.2 Å². The van der Waals surface area contributed by atoms with Gasteiger partial charge in [0.05, 0.1) is 17.4 Å². The lowest BCUT2D eigenvalue weighted by Gasteiger charge is -2.02. The standard InChI is InChI=1S/C13H12N4O2/c1-16-11-5-8(3-4-9(11)7-14-16)12-6-10(13(18)19)15-17(12)2/h3-7H,1-2H3,(H,18,19). The number of hydrogen-bond donors (Lipinski definition) is 1. The van der Waals surface area contributed by atoms with E-state index in [0.717, 1.165) is 22.2 Å². The molecule has 0 unspecified atom stereocenters. The number of aryl methyl sites for hydroxylation is 2. The highest BCUT2D eigenvalue weighted by Crippen LogP contribution is 2.24. The number of carboxylic acids is 1. The first-order valence-electron chi connectivity index (χ1n) is 5.76. The molecule has 3 aromatic rings. The Morgan fingerprint density at radius 3 is 2.68 bits per heavy atom. The summed E-state index contributed by atoms with van der Waals surface area (Å²) >= 11 is 0. The number of aromatic carboxylic acids is 1. The van der Waals surface area contributed by atoms with Gasteiger partial charge in [0.15, 0.2) is 5.69 Å². The van der Waals surface area contributed by atoms with Gasteiger partial charge in [0.2, 0.25) is 0 Å². The van der Waals surface area contributed by atoms with Crippen LogP contribution < -0.4 is 0 Å². The van der Waals surface area contributed by atoms with Gasteiger partial charge >= 0.3 is 5.97 Å². The van der Waals surface area contributed by atoms with E-state index in [0.29, 0.717) is 0 Å². The Bertz CT molecular complexity index is 785. The Morgan fingerprint density at radius 1 is 1.21 bits per heavy atom. The van der Waals surface area contributed by atoms with E-state index in [-0.39, 0.29) is 5.69 Å². The highest BCUT2D eigenvalue weighted by Gasteiger charge is 2.13. The van der Waals surface area contributed by atoms with E-state index in [1.807, 2.05) is 25.2 Å². The van der Waals surface area contributed by atoms with Gasteiger partial charge in [-0.2, -0.15) is 10.2 Å². The molecule has 0 bridgehead atoms. The van der Waals surface area contributed by atoms with Crippen LogP contribution in [0.4, 0.5) is 0 Å². The topological polar surface area (TPSA) is 72.9 Å². The van der Waals surface area contributed by atoms with Crippen LogP contribution >= 0.6 is 0 Å². The average molecular weight is 256 g/mol. The Balaban J connectivity index is 2.18. The second-order valence-electron chi connectivity index (χ2n) is 4.39. The lowest BCUT2D eigenvalue weighted by Crippen LogP contribution is -1.99. The summed E-state index contributed by atoms with van der Waals surface area (Å²) in [5, 5.41) is 18.2. The third kappa shape index (κ3) is 1.77. The molecule has 0 fully saturated rings. The van der Waals surface area contributed by atoms with Gasteiger partial charge in [-0.25, -0.2) is 4.79 Å². The fraction of sp³-hybridized carbons (Fsp3) is 0.154. The summed E-state index contributed by atoms with van der Waals surface area (Å²) in [6, 6.07) is 7.45. The zero-order valence-corrected chi connectivity index (χ0v) is 10.5. The Labute approximate surface area is 108 Å². The number of benzene rings is 1. The van der Waals surface area contributed by atoms with E-state index in [2.05, 4.69) is 10.2 Å². The number of fused-ring (bicyclic) bond motifs is 1. The molecule has 6 heteroatoms. The molecule has 0 saturated carbocycles. The third-order valence-corrected chi connectivity index (χ3v) is 3.14. The first kappa shape index (κ1) is 11.5. The first-order chi connectivity index (χ1) is 9.06. The van der Waals surface area contributed by atoms with Gasteiger partial charge in [0.25, 0.3) is 0 Å². The minimum absolute atomic E-state index is 0.0441. The molecule has 96 valence electrons. The summed E-state index contributed by atoms with van der Waals surface area (Å²) in [6.45, 7) is 0. The zero-order chi connectivity index (χ0) is 13.6. The van der Waals surface area contributed by atoms with Crippen LogP contribution in [0, 0.1) is 0 Å². The highest BCUT2D eigenvalue weighted by atomic mass is 16.4. The monoisotopic (exact) mass is 256 g/mol. The lowest BCUT2D eigenvalue weighted by molar-refractivity contribution is 0.0689. The van der Waals surface area contributed by atoms with Crippen molar-refractivity contribution in [3.8, 4) is 11.3 Å².